The lowest BCUT2D eigenvalue weighted by molar-refractivity contribution is -0.114. The van der Waals surface area contributed by atoms with Crippen LogP contribution in [0.3, 0.4) is 0 Å². The Morgan fingerprint density at radius 3 is 2.44 bits per heavy atom. The van der Waals surface area contributed by atoms with Crippen LogP contribution in [0.2, 0.25) is 10.0 Å². The largest absolute Gasteiger partial charge is 0.495 e. The Hall–Kier alpha value is -3.82. The summed E-state index contributed by atoms with van der Waals surface area (Å²) in [5.74, 6) is 2.23. The number of nitrogens with zero attached hydrogens (tertiary/aromatic N) is 3. The number of pyridine rings is 1. The van der Waals surface area contributed by atoms with Crippen molar-refractivity contribution in [2.24, 2.45) is 5.92 Å². The van der Waals surface area contributed by atoms with Gasteiger partial charge in [0.25, 0.3) is 0 Å². The van der Waals surface area contributed by atoms with Gasteiger partial charge in [-0.15, -0.1) is 0 Å². The topological polar surface area (TPSA) is 110 Å². The Morgan fingerprint density at radius 2 is 1.79 bits per heavy atom. The van der Waals surface area contributed by atoms with E-state index in [-0.39, 0.29) is 5.91 Å². The average Bonchev–Trinajstić information content (AvgIpc) is 3.74. The van der Waals surface area contributed by atoms with Crippen molar-refractivity contribution < 1.29 is 14.3 Å². The summed E-state index contributed by atoms with van der Waals surface area (Å²) < 4.78 is 10.9. The smallest absolute Gasteiger partial charge is 0.227 e. The number of rotatable bonds is 9. The molecule has 39 heavy (non-hydrogen) atoms. The van der Waals surface area contributed by atoms with Gasteiger partial charge in [-0.2, -0.15) is 0 Å². The van der Waals surface area contributed by atoms with Crippen molar-refractivity contribution in [1.29, 1.82) is 0 Å². The lowest BCUT2D eigenvalue weighted by Crippen LogP contribution is -2.10. The van der Waals surface area contributed by atoms with Crippen LogP contribution < -0.4 is 25.4 Å². The van der Waals surface area contributed by atoms with Gasteiger partial charge in [0.2, 0.25) is 11.9 Å². The van der Waals surface area contributed by atoms with Crippen LogP contribution in [-0.4, -0.2) is 41.6 Å². The Labute approximate surface area is 236 Å². The molecule has 0 unspecified atom stereocenters. The highest BCUT2D eigenvalue weighted by molar-refractivity contribution is 6.41. The summed E-state index contributed by atoms with van der Waals surface area (Å²) in [4.78, 5) is 26.0. The second-order valence-corrected chi connectivity index (χ2v) is 10.2. The Morgan fingerprint density at radius 1 is 1.08 bits per heavy atom. The number of halogens is 2. The maximum Gasteiger partial charge on any atom is 0.227 e. The fraction of sp³-hybridized carbons (Fsp3) is 0.286. The van der Waals surface area contributed by atoms with E-state index < -0.39 is 0 Å². The van der Waals surface area contributed by atoms with Gasteiger partial charge in [0.15, 0.2) is 5.82 Å². The molecule has 0 aliphatic heterocycles. The predicted octanol–water partition coefficient (Wildman–Crippen LogP) is 6.85. The quantitative estimate of drug-likeness (QED) is 0.202. The zero-order chi connectivity index (χ0) is 27.7. The number of anilines is 4. The van der Waals surface area contributed by atoms with Crippen LogP contribution in [0.4, 0.5) is 23.1 Å². The number of methoxy groups -OCH3 is 2. The second kappa shape index (κ2) is 11.1. The van der Waals surface area contributed by atoms with E-state index in [1.54, 1.807) is 12.3 Å². The molecule has 5 rings (SSSR count). The molecule has 4 aromatic rings. The Kier molecular flexibility index (Phi) is 7.63. The van der Waals surface area contributed by atoms with E-state index in [9.17, 15) is 4.79 Å². The number of hydrogen-bond donors (Lipinski definition) is 3. The van der Waals surface area contributed by atoms with Crippen LogP contribution in [0.5, 0.6) is 11.5 Å². The van der Waals surface area contributed by atoms with Gasteiger partial charge in [0, 0.05) is 36.7 Å². The number of ether oxygens (including phenoxy) is 2. The molecule has 11 heteroatoms. The van der Waals surface area contributed by atoms with Crippen molar-refractivity contribution in [2.45, 2.75) is 26.7 Å². The molecule has 2 heterocycles. The third-order valence-corrected chi connectivity index (χ3v) is 7.22. The first kappa shape index (κ1) is 26.8. The van der Waals surface area contributed by atoms with Gasteiger partial charge in [0.1, 0.15) is 17.0 Å². The number of aromatic nitrogens is 3. The summed E-state index contributed by atoms with van der Waals surface area (Å²) in [5.41, 5.74) is 3.95. The summed E-state index contributed by atoms with van der Waals surface area (Å²) in [6.07, 6.45) is 4.07. The number of benzene rings is 2. The SMILES string of the molecule is COc1cc(OC)c(Cl)c(-c2cc3cnc(Nc4c(C)cccc4NC(C)=O)nc3c(NCC3CC3)n2)c1Cl. The number of amides is 1. The van der Waals surface area contributed by atoms with Crippen molar-refractivity contribution in [3.05, 3.63) is 52.1 Å². The van der Waals surface area contributed by atoms with Crippen LogP contribution in [0.25, 0.3) is 22.2 Å². The van der Waals surface area contributed by atoms with Crippen molar-refractivity contribution >= 4 is 63.2 Å². The molecular formula is C28H28Cl2N6O3. The third kappa shape index (κ3) is 5.65. The van der Waals surface area contributed by atoms with Gasteiger partial charge in [0.05, 0.1) is 41.3 Å². The predicted molar refractivity (Wildman–Crippen MR) is 156 cm³/mol. The normalized spacial score (nSPS) is 12.8. The van der Waals surface area contributed by atoms with E-state index in [2.05, 4.69) is 20.9 Å². The Balaban J connectivity index is 1.62. The number of fused-ring (bicyclic) bond motifs is 1. The molecule has 1 saturated carbocycles. The number of aryl methyl sites for hydroxylation is 1. The fourth-order valence-electron chi connectivity index (χ4n) is 4.26. The zero-order valence-corrected chi connectivity index (χ0v) is 23.5. The molecule has 3 N–H and O–H groups in total. The number of carbonyl (C=O) groups excluding carboxylic acids is 1. The summed E-state index contributed by atoms with van der Waals surface area (Å²) in [5, 5.41) is 11.0. The maximum atomic E-state index is 11.7. The molecule has 1 fully saturated rings. The van der Waals surface area contributed by atoms with Crippen LogP contribution in [-0.2, 0) is 4.79 Å². The van der Waals surface area contributed by atoms with E-state index in [0.29, 0.717) is 67.4 Å². The van der Waals surface area contributed by atoms with E-state index in [1.165, 1.54) is 34.0 Å². The number of para-hydroxylation sites is 1. The molecule has 9 nitrogen and oxygen atoms in total. The zero-order valence-electron chi connectivity index (χ0n) is 22.0. The molecule has 2 aromatic carbocycles. The van der Waals surface area contributed by atoms with Gasteiger partial charge < -0.3 is 25.4 Å². The van der Waals surface area contributed by atoms with Crippen LogP contribution in [0.15, 0.2) is 36.5 Å². The standard InChI is InChI=1S/C28H28Cl2N6O3/c1-14-6-5-7-18(33-15(2)37)25(14)35-28-32-13-17-10-19(34-27(26(17)36-28)31-12-16-8-9-16)22-23(29)20(38-3)11-21(39-4)24(22)30/h5-7,10-11,13,16H,8-9,12H2,1-4H3,(H,31,34)(H,33,37)(H,32,35,36). The fourth-order valence-corrected chi connectivity index (χ4v) is 4.96. The molecule has 0 atom stereocenters. The lowest BCUT2D eigenvalue weighted by atomic mass is 10.1. The molecule has 0 saturated heterocycles. The lowest BCUT2D eigenvalue weighted by Gasteiger charge is -2.17. The van der Waals surface area contributed by atoms with E-state index in [1.807, 2.05) is 31.2 Å². The molecular weight excluding hydrogens is 539 g/mol. The molecule has 1 aliphatic carbocycles. The third-order valence-electron chi connectivity index (χ3n) is 6.47. The number of nitrogens with one attached hydrogen (secondary N) is 3. The van der Waals surface area contributed by atoms with Gasteiger partial charge in [-0.3, -0.25) is 4.79 Å². The molecule has 0 bridgehead atoms. The minimum atomic E-state index is -0.169. The van der Waals surface area contributed by atoms with Crippen LogP contribution >= 0.6 is 23.2 Å². The molecule has 2 aromatic heterocycles. The van der Waals surface area contributed by atoms with Crippen LogP contribution in [0.1, 0.15) is 25.3 Å². The molecule has 1 amide bonds. The summed E-state index contributed by atoms with van der Waals surface area (Å²) >= 11 is 13.4. The highest BCUT2D eigenvalue weighted by Crippen LogP contribution is 2.46. The minimum absolute atomic E-state index is 0.169. The van der Waals surface area contributed by atoms with Crippen molar-refractivity contribution in [3.8, 4) is 22.8 Å². The van der Waals surface area contributed by atoms with Crippen molar-refractivity contribution in [2.75, 3.05) is 36.7 Å². The van der Waals surface area contributed by atoms with E-state index in [4.69, 9.17) is 42.6 Å². The van der Waals surface area contributed by atoms with E-state index in [0.717, 1.165) is 17.5 Å². The summed E-state index contributed by atoms with van der Waals surface area (Å²) in [6, 6.07) is 9.13. The van der Waals surface area contributed by atoms with Crippen molar-refractivity contribution in [1.82, 2.24) is 15.0 Å². The monoisotopic (exact) mass is 566 g/mol. The van der Waals surface area contributed by atoms with E-state index >= 15 is 0 Å². The van der Waals surface area contributed by atoms with Gasteiger partial charge >= 0.3 is 0 Å². The average molecular weight is 567 g/mol. The molecule has 0 radical (unpaired) electrons. The van der Waals surface area contributed by atoms with Crippen LogP contribution in [0, 0.1) is 12.8 Å². The molecule has 202 valence electrons. The number of carbonyl (C=O) groups is 1. The van der Waals surface area contributed by atoms with Crippen molar-refractivity contribution in [3.63, 3.8) is 0 Å². The highest BCUT2D eigenvalue weighted by atomic mass is 35.5. The maximum absolute atomic E-state index is 11.7. The number of hydrogen-bond acceptors (Lipinski definition) is 8. The molecule has 0 spiro atoms. The summed E-state index contributed by atoms with van der Waals surface area (Å²) in [7, 11) is 3.06. The second-order valence-electron chi connectivity index (χ2n) is 9.40. The first-order valence-electron chi connectivity index (χ1n) is 12.4. The molecule has 1 aliphatic rings. The summed E-state index contributed by atoms with van der Waals surface area (Å²) in [6.45, 7) is 4.18. The van der Waals surface area contributed by atoms with Gasteiger partial charge in [-0.1, -0.05) is 35.3 Å². The van der Waals surface area contributed by atoms with Gasteiger partial charge in [-0.25, -0.2) is 15.0 Å². The Bertz CT molecular complexity index is 1550. The first-order chi connectivity index (χ1) is 18.8. The first-order valence-corrected chi connectivity index (χ1v) is 13.2. The highest BCUT2D eigenvalue weighted by Gasteiger charge is 2.24. The minimum Gasteiger partial charge on any atom is -0.495 e. The van der Waals surface area contributed by atoms with Gasteiger partial charge in [-0.05, 0) is 43.4 Å².